The maximum Gasteiger partial charge on any atom is 0.358 e. The van der Waals surface area contributed by atoms with Crippen molar-refractivity contribution in [2.45, 2.75) is 6.92 Å². The van der Waals surface area contributed by atoms with Crippen molar-refractivity contribution in [3.05, 3.63) is 54.1 Å². The van der Waals surface area contributed by atoms with Crippen LogP contribution in [0.1, 0.15) is 5.56 Å². The van der Waals surface area contributed by atoms with Crippen molar-refractivity contribution in [2.75, 3.05) is 7.11 Å². The van der Waals surface area contributed by atoms with Crippen molar-refractivity contribution in [1.29, 1.82) is 0 Å². The SMILES string of the molecule is CON=CC(=O)Oc1ccccc1Oc1cccc(C)c1. The summed E-state index contributed by atoms with van der Waals surface area (Å²) >= 11 is 0. The number of benzene rings is 2. The standard InChI is InChI=1S/C16H15NO4/c1-12-6-5-7-13(10-12)20-14-8-3-4-9-15(14)21-16(18)11-17-19-2/h3-11H,1-2H3. The number of ether oxygens (including phenoxy) is 2. The Kier molecular flexibility index (Phi) is 4.93. The van der Waals surface area contributed by atoms with Crippen LogP contribution < -0.4 is 9.47 Å². The minimum absolute atomic E-state index is 0.312. The molecule has 2 rings (SSSR count). The van der Waals surface area contributed by atoms with Crippen LogP contribution in [0.4, 0.5) is 0 Å². The zero-order valence-electron chi connectivity index (χ0n) is 11.8. The number of para-hydroxylation sites is 2. The minimum Gasteiger partial charge on any atom is -0.453 e. The lowest BCUT2D eigenvalue weighted by atomic mass is 10.2. The number of carbonyl (C=O) groups excluding carboxylic acids is 1. The smallest absolute Gasteiger partial charge is 0.358 e. The van der Waals surface area contributed by atoms with E-state index < -0.39 is 5.97 Å². The molecule has 0 aliphatic carbocycles. The highest BCUT2D eigenvalue weighted by Gasteiger charge is 2.09. The van der Waals surface area contributed by atoms with Crippen LogP contribution in [-0.2, 0) is 9.63 Å². The van der Waals surface area contributed by atoms with E-state index in [0.717, 1.165) is 11.8 Å². The summed E-state index contributed by atoms with van der Waals surface area (Å²) < 4.78 is 10.9. The molecule has 108 valence electrons. The molecule has 2 aromatic rings. The molecule has 0 spiro atoms. The fourth-order valence-corrected chi connectivity index (χ4v) is 1.66. The van der Waals surface area contributed by atoms with E-state index in [0.29, 0.717) is 17.2 Å². The van der Waals surface area contributed by atoms with Gasteiger partial charge in [-0.1, -0.05) is 29.4 Å². The largest absolute Gasteiger partial charge is 0.453 e. The number of esters is 1. The quantitative estimate of drug-likeness (QED) is 0.366. The second kappa shape index (κ2) is 7.09. The second-order valence-electron chi connectivity index (χ2n) is 4.20. The van der Waals surface area contributed by atoms with Gasteiger partial charge in [-0.05, 0) is 36.8 Å². The van der Waals surface area contributed by atoms with E-state index in [-0.39, 0.29) is 0 Å². The van der Waals surface area contributed by atoms with Gasteiger partial charge in [0.05, 0.1) is 0 Å². The van der Waals surface area contributed by atoms with E-state index in [1.165, 1.54) is 7.11 Å². The summed E-state index contributed by atoms with van der Waals surface area (Å²) in [5, 5.41) is 3.35. The number of hydrogen-bond acceptors (Lipinski definition) is 5. The highest BCUT2D eigenvalue weighted by Crippen LogP contribution is 2.31. The van der Waals surface area contributed by atoms with Gasteiger partial charge in [-0.15, -0.1) is 0 Å². The maximum atomic E-state index is 11.5. The van der Waals surface area contributed by atoms with Crippen LogP contribution in [0.25, 0.3) is 0 Å². The van der Waals surface area contributed by atoms with Crippen LogP contribution in [-0.4, -0.2) is 19.3 Å². The molecule has 0 heterocycles. The van der Waals surface area contributed by atoms with E-state index in [9.17, 15) is 4.79 Å². The van der Waals surface area contributed by atoms with Crippen molar-refractivity contribution in [3.8, 4) is 17.2 Å². The highest BCUT2D eigenvalue weighted by molar-refractivity contribution is 6.23. The van der Waals surface area contributed by atoms with E-state index in [2.05, 4.69) is 9.99 Å². The van der Waals surface area contributed by atoms with Gasteiger partial charge >= 0.3 is 5.97 Å². The Morgan fingerprint density at radius 2 is 1.86 bits per heavy atom. The molecule has 21 heavy (non-hydrogen) atoms. The average Bonchev–Trinajstić information content (AvgIpc) is 2.47. The maximum absolute atomic E-state index is 11.5. The molecule has 0 aliphatic heterocycles. The van der Waals surface area contributed by atoms with Crippen LogP contribution in [0.15, 0.2) is 53.7 Å². The lowest BCUT2D eigenvalue weighted by Crippen LogP contribution is -2.09. The Hall–Kier alpha value is -2.82. The molecule has 0 unspecified atom stereocenters. The van der Waals surface area contributed by atoms with Crippen molar-refractivity contribution >= 4 is 12.2 Å². The normalized spacial score (nSPS) is 10.4. The van der Waals surface area contributed by atoms with Gasteiger partial charge in [0.1, 0.15) is 12.9 Å². The lowest BCUT2D eigenvalue weighted by molar-refractivity contribution is -0.126. The van der Waals surface area contributed by atoms with Gasteiger partial charge in [0.25, 0.3) is 0 Å². The molecule has 5 nitrogen and oxygen atoms in total. The topological polar surface area (TPSA) is 57.1 Å². The fourth-order valence-electron chi connectivity index (χ4n) is 1.66. The first-order valence-electron chi connectivity index (χ1n) is 6.31. The Balaban J connectivity index is 2.17. The molecule has 0 aliphatic rings. The summed E-state index contributed by atoms with van der Waals surface area (Å²) in [6.45, 7) is 1.97. The third-order valence-electron chi connectivity index (χ3n) is 2.54. The van der Waals surface area contributed by atoms with Gasteiger partial charge in [-0.2, -0.15) is 0 Å². The lowest BCUT2D eigenvalue weighted by Gasteiger charge is -2.10. The Labute approximate surface area is 122 Å². The third kappa shape index (κ3) is 4.35. The summed E-state index contributed by atoms with van der Waals surface area (Å²) in [5.41, 5.74) is 1.08. The van der Waals surface area contributed by atoms with Gasteiger partial charge in [-0.3, -0.25) is 0 Å². The second-order valence-corrected chi connectivity index (χ2v) is 4.20. The Morgan fingerprint density at radius 1 is 1.10 bits per heavy atom. The summed E-state index contributed by atoms with van der Waals surface area (Å²) in [4.78, 5) is 15.9. The van der Waals surface area contributed by atoms with Crippen LogP contribution in [0, 0.1) is 6.92 Å². The zero-order valence-corrected chi connectivity index (χ0v) is 11.8. The first-order chi connectivity index (χ1) is 10.2. The first kappa shape index (κ1) is 14.6. The van der Waals surface area contributed by atoms with Crippen molar-refractivity contribution in [3.63, 3.8) is 0 Å². The van der Waals surface area contributed by atoms with Crippen molar-refractivity contribution in [2.24, 2.45) is 5.16 Å². The zero-order chi connectivity index (χ0) is 15.1. The number of aryl methyl sites for hydroxylation is 1. The Bertz CT molecular complexity index is 652. The van der Waals surface area contributed by atoms with Gasteiger partial charge in [0, 0.05) is 0 Å². The van der Waals surface area contributed by atoms with E-state index in [1.54, 1.807) is 24.3 Å². The van der Waals surface area contributed by atoms with Gasteiger partial charge in [-0.25, -0.2) is 4.79 Å². The predicted molar refractivity (Wildman–Crippen MR) is 78.8 cm³/mol. The number of hydrogen-bond donors (Lipinski definition) is 0. The molecule has 2 aromatic carbocycles. The molecule has 0 radical (unpaired) electrons. The number of nitrogens with zero attached hydrogens (tertiary/aromatic N) is 1. The molecule has 0 N–H and O–H groups in total. The van der Waals surface area contributed by atoms with Crippen LogP contribution in [0.2, 0.25) is 0 Å². The molecule has 5 heteroatoms. The summed E-state index contributed by atoms with van der Waals surface area (Å²) in [6.07, 6.45) is 0.948. The van der Waals surface area contributed by atoms with Crippen LogP contribution in [0.3, 0.4) is 0 Å². The molecule has 0 saturated heterocycles. The van der Waals surface area contributed by atoms with Gasteiger partial charge in [0.2, 0.25) is 0 Å². The van der Waals surface area contributed by atoms with E-state index in [4.69, 9.17) is 9.47 Å². The van der Waals surface area contributed by atoms with E-state index >= 15 is 0 Å². The van der Waals surface area contributed by atoms with Gasteiger partial charge in [0.15, 0.2) is 17.7 Å². The van der Waals surface area contributed by atoms with Crippen molar-refractivity contribution < 1.29 is 19.1 Å². The number of rotatable bonds is 5. The molecule has 0 amide bonds. The molecular weight excluding hydrogens is 270 g/mol. The van der Waals surface area contributed by atoms with Crippen LogP contribution in [0.5, 0.6) is 17.2 Å². The molecule has 0 bridgehead atoms. The number of oxime groups is 1. The predicted octanol–water partition coefficient (Wildman–Crippen LogP) is 3.32. The molecule has 0 fully saturated rings. The highest BCUT2D eigenvalue weighted by atomic mass is 16.6. The first-order valence-corrected chi connectivity index (χ1v) is 6.31. The molecule has 0 saturated carbocycles. The Morgan fingerprint density at radius 3 is 2.57 bits per heavy atom. The third-order valence-corrected chi connectivity index (χ3v) is 2.54. The molecule has 0 atom stereocenters. The van der Waals surface area contributed by atoms with Crippen LogP contribution >= 0.6 is 0 Å². The summed E-state index contributed by atoms with van der Waals surface area (Å²) in [7, 11) is 1.35. The summed E-state index contributed by atoms with van der Waals surface area (Å²) in [6, 6.07) is 14.5. The van der Waals surface area contributed by atoms with Crippen molar-refractivity contribution in [1.82, 2.24) is 0 Å². The minimum atomic E-state index is -0.642. The molecular formula is C16H15NO4. The fraction of sp³-hybridized carbons (Fsp3) is 0.125. The monoisotopic (exact) mass is 285 g/mol. The van der Waals surface area contributed by atoms with Gasteiger partial charge < -0.3 is 14.3 Å². The summed E-state index contributed by atoms with van der Waals surface area (Å²) in [5.74, 6) is 0.787. The number of carbonyl (C=O) groups is 1. The molecule has 0 aromatic heterocycles. The van der Waals surface area contributed by atoms with E-state index in [1.807, 2.05) is 31.2 Å². The average molecular weight is 285 g/mol.